The van der Waals surface area contributed by atoms with Crippen molar-refractivity contribution in [3.63, 3.8) is 0 Å². The van der Waals surface area contributed by atoms with Crippen LogP contribution in [0, 0.1) is 0 Å². The molecule has 5 fully saturated rings. The molecular formula is C28H38N12O13P2. The van der Waals surface area contributed by atoms with E-state index < -0.39 is 83.3 Å². The second kappa shape index (κ2) is 14.5. The third kappa shape index (κ3) is 6.56. The number of nitrogens with zero attached hydrogens (tertiary/aromatic N) is 9. The fraction of sp³-hybridized carbons (Fsp3) is 0.643. The van der Waals surface area contributed by atoms with Gasteiger partial charge >= 0.3 is 15.5 Å². The van der Waals surface area contributed by atoms with E-state index in [-0.39, 0.29) is 86.7 Å². The van der Waals surface area contributed by atoms with E-state index in [0.29, 0.717) is 0 Å². The van der Waals surface area contributed by atoms with Crippen molar-refractivity contribution in [2.75, 3.05) is 77.3 Å². The summed E-state index contributed by atoms with van der Waals surface area (Å²) in [6.07, 6.45) is -7.33. The molecule has 5 saturated heterocycles. The Kier molecular flexibility index (Phi) is 9.74. The zero-order chi connectivity index (χ0) is 38.1. The number of H-pyrrole nitrogens is 1. The predicted molar refractivity (Wildman–Crippen MR) is 184 cm³/mol. The van der Waals surface area contributed by atoms with E-state index in [1.165, 1.54) is 37.5 Å². The summed E-state index contributed by atoms with van der Waals surface area (Å²) in [5, 5.41) is 23.7. The number of imidazole rings is 2. The molecule has 0 saturated carbocycles. The smallest absolute Gasteiger partial charge is 0.387 e. The van der Waals surface area contributed by atoms with Gasteiger partial charge in [-0.15, -0.1) is 0 Å². The normalized spacial score (nSPS) is 37.1. The zero-order valence-electron chi connectivity index (χ0n) is 28.9. The van der Waals surface area contributed by atoms with Crippen LogP contribution in [0.2, 0.25) is 0 Å². The number of nitrogens with one attached hydrogen (secondary N) is 1. The van der Waals surface area contributed by atoms with E-state index in [2.05, 4.69) is 29.9 Å². The van der Waals surface area contributed by atoms with E-state index in [1.54, 1.807) is 0 Å². The molecule has 5 aliphatic rings. The topological polar surface area (TPSA) is 314 Å². The van der Waals surface area contributed by atoms with Crippen LogP contribution in [0.5, 0.6) is 0 Å². The Morgan fingerprint density at radius 2 is 1.31 bits per heavy atom. The Balaban J connectivity index is 1.12. The van der Waals surface area contributed by atoms with Gasteiger partial charge in [0.05, 0.1) is 52.3 Å². The minimum atomic E-state index is -4.45. The van der Waals surface area contributed by atoms with Crippen LogP contribution >= 0.6 is 15.5 Å². The summed E-state index contributed by atoms with van der Waals surface area (Å²) >= 11 is 0. The standard InChI is InChI=1S/C28H38N12O13P2/c29-22-16-23(32-11-31-22)39(12-33-16)26-19(42)20-15(51-26)10-49-55(45,38-3-7-47-8-4-38)53-21-18(41)14(9-48-54(44,52-20)37-1-5-46-6-2-37)50-27(21)40-13-34-17-24(40)35-28(30)36-25(17)43/h11-15,18-21,26-27,41-42H,1-10H2,(H2,29,31,32)(H3,30,35,36,43)/t14-,15-,18?,19?,20+,21+,26-,27-,54?,55?/m1/s1. The number of hydrogen-bond acceptors (Lipinski definition) is 20. The van der Waals surface area contributed by atoms with E-state index in [4.69, 9.17) is 48.5 Å². The molecule has 10 atom stereocenters. The number of nitrogen functional groups attached to an aromatic ring is 2. The number of aromatic amines is 1. The van der Waals surface area contributed by atoms with Crippen molar-refractivity contribution in [2.45, 2.75) is 49.1 Å². The van der Waals surface area contributed by atoms with Crippen molar-refractivity contribution in [1.29, 1.82) is 0 Å². The number of nitrogens with two attached hydrogens (primary N) is 2. The molecule has 7 N–H and O–H groups in total. The van der Waals surface area contributed by atoms with E-state index in [0.717, 1.165) is 0 Å². The first-order valence-electron chi connectivity index (χ1n) is 17.4. The number of morpholine rings is 2. The predicted octanol–water partition coefficient (Wildman–Crippen LogP) is -1.66. The number of aliphatic hydroxyl groups excluding tert-OH is 2. The fourth-order valence-electron chi connectivity index (χ4n) is 7.19. The van der Waals surface area contributed by atoms with Crippen LogP contribution in [0.15, 0.2) is 23.8 Å². The molecular weight excluding hydrogens is 774 g/mol. The Hall–Kier alpha value is -3.52. The summed E-state index contributed by atoms with van der Waals surface area (Å²) in [5.41, 5.74) is 11.6. The van der Waals surface area contributed by atoms with Crippen molar-refractivity contribution >= 4 is 49.6 Å². The number of aliphatic hydroxyl groups is 2. The van der Waals surface area contributed by atoms with Crippen molar-refractivity contribution in [1.82, 2.24) is 48.4 Å². The lowest BCUT2D eigenvalue weighted by Crippen LogP contribution is -2.41. The molecule has 4 aromatic heterocycles. The van der Waals surface area contributed by atoms with Gasteiger partial charge in [0.25, 0.3) is 5.56 Å². The molecule has 298 valence electrons. The van der Waals surface area contributed by atoms with Gasteiger partial charge in [0, 0.05) is 26.2 Å². The van der Waals surface area contributed by atoms with Crippen LogP contribution < -0.4 is 17.0 Å². The van der Waals surface area contributed by atoms with Gasteiger partial charge in [0.2, 0.25) is 5.95 Å². The van der Waals surface area contributed by atoms with E-state index in [1.807, 2.05) is 0 Å². The SMILES string of the molecule is Nc1nc2c(ncn2[C@@H]2O[C@@H]3COP(=O)(N4CCOCC4)O[C@@H]4C(O)[C@H](n5cnc6c(N)ncnc65)O[C@@H]4COP(=O)(N4CCOCC4)O[C@H]2C3O)c(=O)[nH]1. The molecule has 4 unspecified atom stereocenters. The number of anilines is 2. The molecule has 0 spiro atoms. The number of hydrogen-bond donors (Lipinski definition) is 5. The molecule has 5 aliphatic heterocycles. The second-order valence-corrected chi connectivity index (χ2v) is 17.2. The maximum absolute atomic E-state index is 15.1. The third-order valence-electron chi connectivity index (χ3n) is 9.99. The van der Waals surface area contributed by atoms with Crippen molar-refractivity contribution in [3.8, 4) is 0 Å². The fourth-order valence-corrected chi connectivity index (χ4v) is 11.0. The molecule has 9 rings (SSSR count). The van der Waals surface area contributed by atoms with E-state index >= 15 is 9.13 Å². The number of fused-ring (bicyclic) bond motifs is 5. The minimum Gasteiger partial charge on any atom is -0.387 e. The van der Waals surface area contributed by atoms with Gasteiger partial charge in [-0.3, -0.25) is 37.0 Å². The van der Waals surface area contributed by atoms with Crippen molar-refractivity contribution in [2.24, 2.45) is 0 Å². The highest BCUT2D eigenvalue weighted by Crippen LogP contribution is 2.59. The van der Waals surface area contributed by atoms with Gasteiger partial charge < -0.3 is 40.6 Å². The maximum Gasteiger partial charge on any atom is 0.408 e. The van der Waals surface area contributed by atoms with Gasteiger partial charge in [-0.25, -0.2) is 38.4 Å². The highest BCUT2D eigenvalue weighted by molar-refractivity contribution is 7.51. The average Bonchev–Trinajstić information content (AvgIpc) is 3.95. The van der Waals surface area contributed by atoms with Gasteiger partial charge in [-0.1, -0.05) is 0 Å². The first-order valence-corrected chi connectivity index (χ1v) is 20.4. The highest BCUT2D eigenvalue weighted by atomic mass is 31.2. The van der Waals surface area contributed by atoms with Crippen LogP contribution in [0.1, 0.15) is 12.5 Å². The Morgan fingerprint density at radius 1 is 0.727 bits per heavy atom. The monoisotopic (exact) mass is 812 g/mol. The van der Waals surface area contributed by atoms with Crippen LogP contribution in [-0.2, 0) is 46.2 Å². The lowest BCUT2D eigenvalue weighted by Gasteiger charge is -2.36. The number of rotatable bonds is 4. The van der Waals surface area contributed by atoms with Crippen LogP contribution in [-0.4, -0.2) is 161 Å². The summed E-state index contributed by atoms with van der Waals surface area (Å²) < 4.78 is 84.3. The lowest BCUT2D eigenvalue weighted by atomic mass is 10.1. The molecule has 0 radical (unpaired) electrons. The van der Waals surface area contributed by atoms with Crippen LogP contribution in [0.3, 0.4) is 0 Å². The van der Waals surface area contributed by atoms with E-state index in [9.17, 15) is 15.0 Å². The molecule has 0 aromatic carbocycles. The molecule has 4 aromatic rings. The van der Waals surface area contributed by atoms with Gasteiger partial charge in [-0.05, 0) is 0 Å². The third-order valence-corrected chi connectivity index (χ3v) is 14.1. The molecule has 9 heterocycles. The first kappa shape index (κ1) is 37.1. The molecule has 27 heteroatoms. The largest absolute Gasteiger partial charge is 0.408 e. The maximum atomic E-state index is 15.1. The molecule has 2 bridgehead atoms. The minimum absolute atomic E-state index is 0.0135. The lowest BCUT2D eigenvalue weighted by molar-refractivity contribution is -0.0679. The quantitative estimate of drug-likeness (QED) is 0.144. The number of aromatic nitrogens is 8. The zero-order valence-corrected chi connectivity index (χ0v) is 30.7. The summed E-state index contributed by atoms with van der Waals surface area (Å²) in [7, 11) is -8.86. The number of ether oxygens (including phenoxy) is 4. The highest BCUT2D eigenvalue weighted by Gasteiger charge is 2.56. The summed E-state index contributed by atoms with van der Waals surface area (Å²) in [6.45, 7) is 0.176. The van der Waals surface area contributed by atoms with Crippen molar-refractivity contribution in [3.05, 3.63) is 29.3 Å². The van der Waals surface area contributed by atoms with Gasteiger partial charge in [0.1, 0.15) is 48.5 Å². The van der Waals surface area contributed by atoms with Gasteiger partial charge in [-0.2, -0.15) is 4.98 Å². The average molecular weight is 813 g/mol. The first-order chi connectivity index (χ1) is 26.5. The van der Waals surface area contributed by atoms with Crippen LogP contribution in [0.25, 0.3) is 22.3 Å². The molecule has 55 heavy (non-hydrogen) atoms. The molecule has 0 amide bonds. The van der Waals surface area contributed by atoms with Crippen molar-refractivity contribution < 1.29 is 56.4 Å². The molecule has 25 nitrogen and oxygen atoms in total. The summed E-state index contributed by atoms with van der Waals surface area (Å²) in [6, 6.07) is 0. The Labute approximate surface area is 309 Å². The Morgan fingerprint density at radius 3 is 1.98 bits per heavy atom. The molecule has 0 aliphatic carbocycles. The van der Waals surface area contributed by atoms with Gasteiger partial charge in [0.15, 0.2) is 35.1 Å². The Bertz CT molecular complexity index is 2210. The van der Waals surface area contributed by atoms with Crippen LogP contribution in [0.4, 0.5) is 11.8 Å². The summed E-state index contributed by atoms with van der Waals surface area (Å²) in [5.74, 6) is -0.117. The summed E-state index contributed by atoms with van der Waals surface area (Å²) in [4.78, 5) is 35.9. The second-order valence-electron chi connectivity index (χ2n) is 13.3.